The molecule has 1 heterocycles. The van der Waals surface area contributed by atoms with Gasteiger partial charge in [0.2, 0.25) is 11.8 Å². The van der Waals surface area contributed by atoms with Gasteiger partial charge in [-0.1, -0.05) is 38.5 Å². The molecule has 1 saturated heterocycles. The summed E-state index contributed by atoms with van der Waals surface area (Å²) in [6, 6.07) is 0. The molecule has 130 valence electrons. The lowest BCUT2D eigenvalue weighted by Gasteiger charge is -2.43. The second-order valence-corrected chi connectivity index (χ2v) is 8.16. The molecular formula is C19H32N2O2. The quantitative estimate of drug-likeness (QED) is 0.781. The van der Waals surface area contributed by atoms with E-state index in [-0.39, 0.29) is 11.8 Å². The van der Waals surface area contributed by atoms with Gasteiger partial charge in [-0.3, -0.25) is 9.59 Å². The third kappa shape index (κ3) is 3.72. The van der Waals surface area contributed by atoms with Crippen molar-refractivity contribution in [1.29, 1.82) is 0 Å². The minimum atomic E-state index is 0.00792. The zero-order valence-corrected chi connectivity index (χ0v) is 14.8. The molecule has 4 nitrogen and oxygen atoms in total. The molecule has 3 aliphatic rings. The molecule has 1 atom stereocenters. The van der Waals surface area contributed by atoms with Crippen LogP contribution < -0.4 is 0 Å². The van der Waals surface area contributed by atoms with Gasteiger partial charge in [-0.2, -0.15) is 0 Å². The van der Waals surface area contributed by atoms with E-state index in [1.165, 1.54) is 38.5 Å². The van der Waals surface area contributed by atoms with E-state index in [0.717, 1.165) is 37.6 Å². The molecule has 2 saturated carbocycles. The van der Waals surface area contributed by atoms with E-state index >= 15 is 0 Å². The number of hydrogen-bond donors (Lipinski definition) is 0. The minimum absolute atomic E-state index is 0.00792. The van der Waals surface area contributed by atoms with Crippen LogP contribution in [-0.4, -0.2) is 48.8 Å². The van der Waals surface area contributed by atoms with E-state index in [1.807, 2.05) is 19.0 Å². The summed E-state index contributed by atoms with van der Waals surface area (Å²) in [6.45, 7) is 1.48. The van der Waals surface area contributed by atoms with Gasteiger partial charge in [-0.05, 0) is 30.6 Å². The van der Waals surface area contributed by atoms with Crippen molar-refractivity contribution in [3.8, 4) is 0 Å². The summed E-state index contributed by atoms with van der Waals surface area (Å²) in [7, 11) is 3.62. The average Bonchev–Trinajstić information content (AvgIpc) is 2.42. The Morgan fingerprint density at radius 1 is 1.00 bits per heavy atom. The zero-order chi connectivity index (χ0) is 16.4. The van der Waals surface area contributed by atoms with Crippen LogP contribution in [-0.2, 0) is 9.59 Å². The molecule has 2 aliphatic carbocycles. The molecule has 0 spiro atoms. The average molecular weight is 320 g/mol. The summed E-state index contributed by atoms with van der Waals surface area (Å²) in [5, 5.41) is 0. The highest BCUT2D eigenvalue weighted by Crippen LogP contribution is 2.46. The van der Waals surface area contributed by atoms with E-state index in [0.29, 0.717) is 18.4 Å². The molecule has 1 aliphatic heterocycles. The van der Waals surface area contributed by atoms with Crippen molar-refractivity contribution in [2.45, 2.75) is 57.8 Å². The number of amides is 2. The van der Waals surface area contributed by atoms with Crippen molar-refractivity contribution in [2.24, 2.45) is 23.7 Å². The molecule has 0 N–H and O–H groups in total. The molecule has 0 aromatic carbocycles. The summed E-state index contributed by atoms with van der Waals surface area (Å²) in [5.41, 5.74) is 0. The normalized spacial score (nSPS) is 25.9. The topological polar surface area (TPSA) is 40.6 Å². The Morgan fingerprint density at radius 2 is 1.61 bits per heavy atom. The van der Waals surface area contributed by atoms with E-state index in [2.05, 4.69) is 0 Å². The first-order valence-corrected chi connectivity index (χ1v) is 9.55. The first kappa shape index (κ1) is 16.8. The minimum Gasteiger partial charge on any atom is -0.349 e. The van der Waals surface area contributed by atoms with Gasteiger partial charge in [0.05, 0.1) is 5.92 Å². The van der Waals surface area contributed by atoms with Crippen LogP contribution >= 0.6 is 0 Å². The third-order valence-electron chi connectivity index (χ3n) is 6.49. The molecule has 2 amide bonds. The number of carbonyl (C=O) groups excluding carboxylic acids is 2. The van der Waals surface area contributed by atoms with E-state index in [1.54, 1.807) is 4.90 Å². The number of piperidine rings is 1. The molecule has 1 unspecified atom stereocenters. The Hall–Kier alpha value is -1.06. The predicted octanol–water partition coefficient (Wildman–Crippen LogP) is 2.92. The Labute approximate surface area is 140 Å². The van der Waals surface area contributed by atoms with Gasteiger partial charge in [-0.25, -0.2) is 0 Å². The Morgan fingerprint density at radius 3 is 2.09 bits per heavy atom. The zero-order valence-electron chi connectivity index (χ0n) is 14.8. The van der Waals surface area contributed by atoms with Crippen molar-refractivity contribution >= 4 is 11.8 Å². The molecule has 0 aromatic heterocycles. The summed E-state index contributed by atoms with van der Waals surface area (Å²) in [4.78, 5) is 28.7. The maximum absolute atomic E-state index is 12.8. The number of likely N-dealkylation sites (tertiary alicyclic amines) is 1. The lowest BCUT2D eigenvalue weighted by atomic mass is 9.63. The summed E-state index contributed by atoms with van der Waals surface area (Å²) in [6.07, 6.45) is 10.6. The molecule has 0 radical (unpaired) electrons. The fourth-order valence-corrected chi connectivity index (χ4v) is 4.56. The van der Waals surface area contributed by atoms with Crippen LogP contribution in [0, 0.1) is 23.7 Å². The maximum Gasteiger partial charge on any atom is 0.226 e. The number of nitrogens with zero attached hydrogens (tertiary/aromatic N) is 2. The van der Waals surface area contributed by atoms with Gasteiger partial charge in [0, 0.05) is 33.6 Å². The fourth-order valence-electron chi connectivity index (χ4n) is 4.56. The van der Waals surface area contributed by atoms with Crippen LogP contribution in [0.5, 0.6) is 0 Å². The Balaban J connectivity index is 1.56. The van der Waals surface area contributed by atoms with Crippen molar-refractivity contribution in [2.75, 3.05) is 27.2 Å². The SMILES string of the molecule is CN(C)C(=O)C1CCCN(C(=O)CC(C2CCC2)C2CCC2)C1. The van der Waals surface area contributed by atoms with E-state index in [9.17, 15) is 9.59 Å². The van der Waals surface area contributed by atoms with Gasteiger partial charge in [-0.15, -0.1) is 0 Å². The molecule has 0 bridgehead atoms. The first-order valence-electron chi connectivity index (χ1n) is 9.55. The highest BCUT2D eigenvalue weighted by Gasteiger charge is 2.38. The summed E-state index contributed by atoms with van der Waals surface area (Å²) >= 11 is 0. The van der Waals surface area contributed by atoms with Crippen LogP contribution in [0.4, 0.5) is 0 Å². The standard InChI is InChI=1S/C19H32N2O2/c1-20(2)19(23)16-10-5-11-21(13-16)18(22)12-17(14-6-3-7-14)15-8-4-9-15/h14-17H,3-13H2,1-2H3. The summed E-state index contributed by atoms with van der Waals surface area (Å²) < 4.78 is 0. The van der Waals surface area contributed by atoms with Crippen molar-refractivity contribution < 1.29 is 9.59 Å². The van der Waals surface area contributed by atoms with Crippen LogP contribution in [0.1, 0.15) is 57.8 Å². The number of hydrogen-bond acceptors (Lipinski definition) is 2. The smallest absolute Gasteiger partial charge is 0.226 e. The van der Waals surface area contributed by atoms with Crippen molar-refractivity contribution in [1.82, 2.24) is 9.80 Å². The molecule has 4 heteroatoms. The van der Waals surface area contributed by atoms with E-state index in [4.69, 9.17) is 0 Å². The molecule has 23 heavy (non-hydrogen) atoms. The predicted molar refractivity (Wildman–Crippen MR) is 90.8 cm³/mol. The highest BCUT2D eigenvalue weighted by molar-refractivity contribution is 5.81. The van der Waals surface area contributed by atoms with Crippen molar-refractivity contribution in [3.63, 3.8) is 0 Å². The van der Waals surface area contributed by atoms with E-state index < -0.39 is 0 Å². The maximum atomic E-state index is 12.8. The highest BCUT2D eigenvalue weighted by atomic mass is 16.2. The van der Waals surface area contributed by atoms with Gasteiger partial charge >= 0.3 is 0 Å². The monoisotopic (exact) mass is 320 g/mol. The Bertz CT molecular complexity index is 427. The molecule has 0 aromatic rings. The molecule has 3 fully saturated rings. The van der Waals surface area contributed by atoms with Gasteiger partial charge in [0.15, 0.2) is 0 Å². The van der Waals surface area contributed by atoms with Crippen molar-refractivity contribution in [3.05, 3.63) is 0 Å². The molecule has 3 rings (SSSR count). The van der Waals surface area contributed by atoms with Gasteiger partial charge in [0.1, 0.15) is 0 Å². The Kier molecular flexibility index (Phi) is 5.27. The largest absolute Gasteiger partial charge is 0.349 e. The van der Waals surface area contributed by atoms with Crippen LogP contribution in [0.2, 0.25) is 0 Å². The third-order valence-corrected chi connectivity index (χ3v) is 6.49. The summed E-state index contributed by atoms with van der Waals surface area (Å²) in [5.74, 6) is 2.71. The van der Waals surface area contributed by atoms with Crippen LogP contribution in [0.25, 0.3) is 0 Å². The lowest BCUT2D eigenvalue weighted by molar-refractivity contribution is -0.140. The van der Waals surface area contributed by atoms with Crippen LogP contribution in [0.15, 0.2) is 0 Å². The second-order valence-electron chi connectivity index (χ2n) is 8.16. The molecular weight excluding hydrogens is 288 g/mol. The first-order chi connectivity index (χ1) is 11.1. The van der Waals surface area contributed by atoms with Gasteiger partial charge in [0.25, 0.3) is 0 Å². The second kappa shape index (κ2) is 7.23. The fraction of sp³-hybridized carbons (Fsp3) is 0.895. The lowest BCUT2D eigenvalue weighted by Crippen LogP contribution is -2.46. The van der Waals surface area contributed by atoms with Crippen LogP contribution in [0.3, 0.4) is 0 Å². The number of rotatable bonds is 5. The van der Waals surface area contributed by atoms with Gasteiger partial charge < -0.3 is 9.80 Å². The number of carbonyl (C=O) groups is 2.